The molecule has 0 N–H and O–H groups in total. The van der Waals surface area contributed by atoms with Crippen LogP contribution in [0.2, 0.25) is 0 Å². The SMILES string of the molecule is CCOc1ccc2nc(N3CCN(C(=O)c4cccs4)CC3)sc2c1. The van der Waals surface area contributed by atoms with Crippen molar-refractivity contribution in [3.8, 4) is 5.75 Å². The summed E-state index contributed by atoms with van der Waals surface area (Å²) in [6, 6.07) is 9.84. The molecule has 130 valence electrons. The molecule has 0 bridgehead atoms. The van der Waals surface area contributed by atoms with Crippen molar-refractivity contribution in [3.05, 3.63) is 40.6 Å². The quantitative estimate of drug-likeness (QED) is 0.699. The number of thiazole rings is 1. The van der Waals surface area contributed by atoms with Gasteiger partial charge in [-0.25, -0.2) is 4.98 Å². The zero-order chi connectivity index (χ0) is 17.2. The molecule has 0 unspecified atom stereocenters. The number of piperazine rings is 1. The lowest BCUT2D eigenvalue weighted by Crippen LogP contribution is -2.48. The summed E-state index contributed by atoms with van der Waals surface area (Å²) in [6.45, 7) is 5.74. The van der Waals surface area contributed by atoms with Crippen LogP contribution in [-0.4, -0.2) is 48.6 Å². The van der Waals surface area contributed by atoms with E-state index in [1.165, 1.54) is 11.3 Å². The van der Waals surface area contributed by atoms with Crippen molar-refractivity contribution in [2.24, 2.45) is 0 Å². The molecule has 1 fully saturated rings. The number of nitrogens with zero attached hydrogens (tertiary/aromatic N) is 3. The molecule has 0 radical (unpaired) electrons. The molecular weight excluding hydrogens is 354 g/mol. The van der Waals surface area contributed by atoms with E-state index in [2.05, 4.69) is 11.0 Å². The molecule has 3 heterocycles. The third-order valence-corrected chi connectivity index (χ3v) is 6.17. The summed E-state index contributed by atoms with van der Waals surface area (Å²) in [5, 5.41) is 2.97. The molecule has 1 aliphatic heterocycles. The molecule has 5 nitrogen and oxygen atoms in total. The molecule has 0 atom stereocenters. The Morgan fingerprint density at radius 3 is 2.80 bits per heavy atom. The van der Waals surface area contributed by atoms with Crippen molar-refractivity contribution in [1.82, 2.24) is 9.88 Å². The van der Waals surface area contributed by atoms with E-state index in [1.807, 2.05) is 41.5 Å². The molecule has 2 aromatic heterocycles. The number of benzene rings is 1. The summed E-state index contributed by atoms with van der Waals surface area (Å²) in [4.78, 5) is 22.2. The second kappa shape index (κ2) is 7.01. The summed E-state index contributed by atoms with van der Waals surface area (Å²) in [5.74, 6) is 1.02. The molecule has 3 aromatic rings. The van der Waals surface area contributed by atoms with Gasteiger partial charge in [0.2, 0.25) is 0 Å². The number of fused-ring (bicyclic) bond motifs is 1. The largest absolute Gasteiger partial charge is 0.494 e. The molecule has 1 amide bonds. The van der Waals surface area contributed by atoms with Crippen molar-refractivity contribution >= 4 is 43.9 Å². The predicted octanol–water partition coefficient (Wildman–Crippen LogP) is 3.72. The maximum atomic E-state index is 12.4. The number of carbonyl (C=O) groups is 1. The Balaban J connectivity index is 1.45. The van der Waals surface area contributed by atoms with Crippen LogP contribution in [0.5, 0.6) is 5.75 Å². The number of rotatable bonds is 4. The van der Waals surface area contributed by atoms with Crippen LogP contribution >= 0.6 is 22.7 Å². The Morgan fingerprint density at radius 1 is 1.24 bits per heavy atom. The topological polar surface area (TPSA) is 45.7 Å². The fourth-order valence-corrected chi connectivity index (χ4v) is 4.68. The average molecular weight is 374 g/mol. The van der Waals surface area contributed by atoms with Gasteiger partial charge in [0.05, 0.1) is 21.7 Å². The minimum absolute atomic E-state index is 0.139. The van der Waals surface area contributed by atoms with Gasteiger partial charge in [-0.05, 0) is 36.6 Å². The zero-order valence-electron chi connectivity index (χ0n) is 14.0. The Hall–Kier alpha value is -2.12. The van der Waals surface area contributed by atoms with Gasteiger partial charge in [-0.2, -0.15) is 0 Å². The van der Waals surface area contributed by atoms with Gasteiger partial charge in [-0.15, -0.1) is 11.3 Å². The van der Waals surface area contributed by atoms with Gasteiger partial charge in [0, 0.05) is 26.2 Å². The van der Waals surface area contributed by atoms with E-state index in [0.29, 0.717) is 6.61 Å². The highest BCUT2D eigenvalue weighted by molar-refractivity contribution is 7.22. The van der Waals surface area contributed by atoms with Crippen LogP contribution in [0.1, 0.15) is 16.6 Å². The third-order valence-electron chi connectivity index (χ3n) is 4.23. The van der Waals surface area contributed by atoms with Crippen LogP contribution in [0, 0.1) is 0 Å². The fraction of sp³-hybridized carbons (Fsp3) is 0.333. The van der Waals surface area contributed by atoms with E-state index in [0.717, 1.165) is 52.2 Å². The zero-order valence-corrected chi connectivity index (χ0v) is 15.6. The molecule has 4 rings (SSSR count). The number of thiophene rings is 1. The molecule has 0 spiro atoms. The predicted molar refractivity (Wildman–Crippen MR) is 103 cm³/mol. The summed E-state index contributed by atoms with van der Waals surface area (Å²) < 4.78 is 6.70. The second-order valence-electron chi connectivity index (χ2n) is 5.82. The van der Waals surface area contributed by atoms with Gasteiger partial charge >= 0.3 is 0 Å². The Bertz CT molecular complexity index is 868. The highest BCUT2D eigenvalue weighted by Crippen LogP contribution is 2.32. The van der Waals surface area contributed by atoms with Gasteiger partial charge < -0.3 is 14.5 Å². The normalized spacial score (nSPS) is 14.9. The minimum Gasteiger partial charge on any atom is -0.494 e. The van der Waals surface area contributed by atoms with Crippen molar-refractivity contribution in [2.45, 2.75) is 6.92 Å². The van der Waals surface area contributed by atoms with Crippen molar-refractivity contribution in [2.75, 3.05) is 37.7 Å². The maximum absolute atomic E-state index is 12.4. The molecule has 25 heavy (non-hydrogen) atoms. The third kappa shape index (κ3) is 3.34. The highest BCUT2D eigenvalue weighted by Gasteiger charge is 2.24. The first-order chi connectivity index (χ1) is 12.2. The van der Waals surface area contributed by atoms with E-state index in [4.69, 9.17) is 9.72 Å². The van der Waals surface area contributed by atoms with E-state index in [9.17, 15) is 4.79 Å². The fourth-order valence-electron chi connectivity index (χ4n) is 2.94. The van der Waals surface area contributed by atoms with Crippen LogP contribution in [0.3, 0.4) is 0 Å². The molecule has 1 aliphatic rings. The van der Waals surface area contributed by atoms with Crippen LogP contribution in [0.4, 0.5) is 5.13 Å². The summed E-state index contributed by atoms with van der Waals surface area (Å²) in [5.41, 5.74) is 1.00. The van der Waals surface area contributed by atoms with Gasteiger partial charge in [-0.1, -0.05) is 17.4 Å². The van der Waals surface area contributed by atoms with Crippen LogP contribution in [-0.2, 0) is 0 Å². The molecule has 1 aromatic carbocycles. The van der Waals surface area contributed by atoms with E-state index < -0.39 is 0 Å². The van der Waals surface area contributed by atoms with Crippen molar-refractivity contribution in [1.29, 1.82) is 0 Å². The lowest BCUT2D eigenvalue weighted by atomic mass is 10.3. The first-order valence-electron chi connectivity index (χ1n) is 8.35. The number of carbonyl (C=O) groups excluding carboxylic acids is 1. The first-order valence-corrected chi connectivity index (χ1v) is 10.1. The average Bonchev–Trinajstić information content (AvgIpc) is 3.31. The van der Waals surface area contributed by atoms with E-state index in [-0.39, 0.29) is 5.91 Å². The summed E-state index contributed by atoms with van der Waals surface area (Å²) >= 11 is 3.19. The van der Waals surface area contributed by atoms with Crippen LogP contribution < -0.4 is 9.64 Å². The van der Waals surface area contributed by atoms with Gasteiger partial charge in [0.1, 0.15) is 5.75 Å². The molecular formula is C18H19N3O2S2. The number of aromatic nitrogens is 1. The summed E-state index contributed by atoms with van der Waals surface area (Å²) in [6.07, 6.45) is 0. The first kappa shape index (κ1) is 16.4. The van der Waals surface area contributed by atoms with Gasteiger partial charge in [0.25, 0.3) is 5.91 Å². The Labute approximate surface area is 154 Å². The number of anilines is 1. The maximum Gasteiger partial charge on any atom is 0.264 e. The second-order valence-corrected chi connectivity index (χ2v) is 7.77. The summed E-state index contributed by atoms with van der Waals surface area (Å²) in [7, 11) is 0. The lowest BCUT2D eigenvalue weighted by molar-refractivity contribution is 0.0751. The molecule has 0 saturated carbocycles. The smallest absolute Gasteiger partial charge is 0.264 e. The van der Waals surface area contributed by atoms with E-state index in [1.54, 1.807) is 11.3 Å². The molecule has 0 aliphatic carbocycles. The van der Waals surface area contributed by atoms with Gasteiger partial charge in [0.15, 0.2) is 5.13 Å². The number of hydrogen-bond acceptors (Lipinski definition) is 6. The van der Waals surface area contributed by atoms with E-state index >= 15 is 0 Å². The van der Waals surface area contributed by atoms with Crippen LogP contribution in [0.15, 0.2) is 35.7 Å². The van der Waals surface area contributed by atoms with Gasteiger partial charge in [-0.3, -0.25) is 4.79 Å². The number of ether oxygens (including phenoxy) is 1. The van der Waals surface area contributed by atoms with Crippen LogP contribution in [0.25, 0.3) is 10.2 Å². The molecule has 7 heteroatoms. The Kier molecular flexibility index (Phi) is 4.59. The standard InChI is InChI=1S/C18H19N3O2S2/c1-2-23-13-5-6-14-16(12-13)25-18(19-14)21-9-7-20(8-10-21)17(22)15-4-3-11-24-15/h3-6,11-12H,2,7-10H2,1H3. The minimum atomic E-state index is 0.139. The highest BCUT2D eigenvalue weighted by atomic mass is 32.1. The number of amides is 1. The monoisotopic (exact) mass is 373 g/mol. The molecule has 1 saturated heterocycles. The Morgan fingerprint density at radius 2 is 2.08 bits per heavy atom. The number of hydrogen-bond donors (Lipinski definition) is 0. The lowest BCUT2D eigenvalue weighted by Gasteiger charge is -2.34. The van der Waals surface area contributed by atoms with Crippen molar-refractivity contribution < 1.29 is 9.53 Å². The van der Waals surface area contributed by atoms with Crippen molar-refractivity contribution in [3.63, 3.8) is 0 Å².